The summed E-state index contributed by atoms with van der Waals surface area (Å²) in [6, 6.07) is 8.24. The quantitative estimate of drug-likeness (QED) is 0.895. The summed E-state index contributed by atoms with van der Waals surface area (Å²) in [6.07, 6.45) is 5.67. The van der Waals surface area contributed by atoms with E-state index in [2.05, 4.69) is 21.4 Å². The molecule has 0 saturated heterocycles. The van der Waals surface area contributed by atoms with E-state index in [-0.39, 0.29) is 24.1 Å². The van der Waals surface area contributed by atoms with Crippen LogP contribution in [-0.4, -0.2) is 34.6 Å². The molecule has 7 heteroatoms. The number of rotatable bonds is 4. The number of ether oxygens (including phenoxy) is 2. The lowest BCUT2D eigenvalue weighted by molar-refractivity contribution is -0.135. The van der Waals surface area contributed by atoms with Crippen molar-refractivity contribution in [2.75, 3.05) is 6.61 Å². The van der Waals surface area contributed by atoms with E-state index in [0.717, 1.165) is 50.1 Å². The predicted molar refractivity (Wildman–Crippen MR) is 95.6 cm³/mol. The maximum absolute atomic E-state index is 12.9. The van der Waals surface area contributed by atoms with Crippen molar-refractivity contribution in [2.45, 2.75) is 50.4 Å². The Bertz CT molecular complexity index is 791. The van der Waals surface area contributed by atoms with Crippen molar-refractivity contribution < 1.29 is 18.7 Å². The Morgan fingerprint density at radius 1 is 1.15 bits per heavy atom. The van der Waals surface area contributed by atoms with E-state index in [4.69, 9.17) is 9.47 Å². The normalized spacial score (nSPS) is 24.7. The first kappa shape index (κ1) is 17.9. The third-order valence-corrected chi connectivity index (χ3v) is 5.12. The first-order valence-corrected chi connectivity index (χ1v) is 9.33. The molecule has 1 atom stereocenters. The Kier molecular flexibility index (Phi) is 5.29. The van der Waals surface area contributed by atoms with Crippen molar-refractivity contribution in [3.05, 3.63) is 53.6 Å². The highest BCUT2D eigenvalue weighted by atomic mass is 19.1. The number of carbonyl (C=O) groups is 1. The van der Waals surface area contributed by atoms with Gasteiger partial charge in [-0.25, -0.2) is 14.4 Å². The molecule has 1 saturated carbocycles. The Hall–Kier alpha value is -2.54. The van der Waals surface area contributed by atoms with Crippen LogP contribution in [0.25, 0.3) is 0 Å². The van der Waals surface area contributed by atoms with Crippen LogP contribution in [0.15, 0.2) is 36.7 Å². The number of nitrogens with one attached hydrogen (secondary N) is 1. The summed E-state index contributed by atoms with van der Waals surface area (Å²) in [4.78, 5) is 20.4. The molecule has 2 aliphatic rings. The monoisotopic (exact) mass is 371 g/mol. The van der Waals surface area contributed by atoms with E-state index in [1.165, 1.54) is 5.56 Å². The van der Waals surface area contributed by atoms with Gasteiger partial charge in [-0.3, -0.25) is 4.79 Å². The molecule has 2 aromatic rings. The molecule has 0 bridgehead atoms. The summed E-state index contributed by atoms with van der Waals surface area (Å²) in [5, 5.41) is 3.12. The van der Waals surface area contributed by atoms with E-state index in [0.29, 0.717) is 6.61 Å². The molecule has 2 heterocycles. The van der Waals surface area contributed by atoms with Gasteiger partial charge in [-0.1, -0.05) is 24.3 Å². The van der Waals surface area contributed by atoms with Gasteiger partial charge < -0.3 is 14.8 Å². The minimum Gasteiger partial charge on any atom is -0.460 e. The molecule has 4 rings (SSSR count). The average Bonchev–Trinajstić information content (AvgIpc) is 2.71. The molecule has 1 unspecified atom stereocenters. The molecular weight excluding hydrogens is 349 g/mol. The smallest absolute Gasteiger partial charge is 0.316 e. The minimum atomic E-state index is -0.531. The number of fused-ring (bicyclic) bond motifs is 1. The van der Waals surface area contributed by atoms with Crippen LogP contribution < -0.4 is 10.1 Å². The zero-order valence-electron chi connectivity index (χ0n) is 14.9. The Morgan fingerprint density at radius 2 is 1.89 bits per heavy atom. The maximum atomic E-state index is 12.9. The molecule has 27 heavy (non-hydrogen) atoms. The summed E-state index contributed by atoms with van der Waals surface area (Å²) >= 11 is 0. The van der Waals surface area contributed by atoms with E-state index in [1.807, 2.05) is 18.2 Å². The van der Waals surface area contributed by atoms with Crippen molar-refractivity contribution in [1.29, 1.82) is 0 Å². The van der Waals surface area contributed by atoms with Crippen molar-refractivity contribution in [2.24, 2.45) is 0 Å². The van der Waals surface area contributed by atoms with E-state index >= 15 is 0 Å². The molecule has 1 aliphatic heterocycles. The highest BCUT2D eigenvalue weighted by molar-refractivity contribution is 5.83. The zero-order chi connectivity index (χ0) is 18.6. The van der Waals surface area contributed by atoms with E-state index < -0.39 is 11.9 Å². The number of hydrogen-bond acceptors (Lipinski definition) is 5. The Labute approximate surface area is 157 Å². The van der Waals surface area contributed by atoms with Crippen LogP contribution in [0.4, 0.5) is 4.39 Å². The van der Waals surface area contributed by atoms with Gasteiger partial charge in [0.05, 0.1) is 19.0 Å². The highest BCUT2D eigenvalue weighted by Crippen LogP contribution is 2.28. The number of amides is 1. The molecule has 1 amide bonds. The van der Waals surface area contributed by atoms with E-state index in [9.17, 15) is 9.18 Å². The standard InChI is InChI=1S/C20H22FN3O3/c21-14-11-22-20(23-12-14)27-16-7-5-15(6-8-16)24-19(25)18-17-4-2-1-3-13(17)9-10-26-18/h1-4,11-12,15-16,18H,5-10H2,(H,24,25). The van der Waals surface area contributed by atoms with Gasteiger partial charge in [0.2, 0.25) is 0 Å². The van der Waals surface area contributed by atoms with Gasteiger partial charge in [-0.15, -0.1) is 0 Å². The summed E-state index contributed by atoms with van der Waals surface area (Å²) < 4.78 is 24.3. The summed E-state index contributed by atoms with van der Waals surface area (Å²) in [7, 11) is 0. The van der Waals surface area contributed by atoms with E-state index in [1.54, 1.807) is 0 Å². The molecule has 1 aromatic heterocycles. The first-order chi connectivity index (χ1) is 13.2. The molecule has 0 radical (unpaired) electrons. The van der Waals surface area contributed by atoms with Gasteiger partial charge in [0.25, 0.3) is 5.91 Å². The Balaban J connectivity index is 1.29. The molecule has 1 N–H and O–H groups in total. The number of nitrogens with zero attached hydrogens (tertiary/aromatic N) is 2. The van der Waals surface area contributed by atoms with Gasteiger partial charge in [0.15, 0.2) is 11.9 Å². The van der Waals surface area contributed by atoms with Crippen LogP contribution in [0.2, 0.25) is 0 Å². The summed E-state index contributed by atoms with van der Waals surface area (Å²) in [5.41, 5.74) is 2.15. The number of carbonyl (C=O) groups excluding carboxylic acids is 1. The van der Waals surface area contributed by atoms with Crippen molar-refractivity contribution in [3.8, 4) is 6.01 Å². The molecule has 142 valence electrons. The molecule has 1 aromatic carbocycles. The molecule has 0 spiro atoms. The fraction of sp³-hybridized carbons (Fsp3) is 0.450. The third kappa shape index (κ3) is 4.24. The molecule has 1 fully saturated rings. The maximum Gasteiger partial charge on any atom is 0.316 e. The predicted octanol–water partition coefficient (Wildman–Crippen LogP) is 2.74. The first-order valence-electron chi connectivity index (χ1n) is 9.33. The van der Waals surface area contributed by atoms with Crippen molar-refractivity contribution in [3.63, 3.8) is 0 Å². The minimum absolute atomic E-state index is 0.0183. The largest absolute Gasteiger partial charge is 0.460 e. The fourth-order valence-electron chi connectivity index (χ4n) is 3.72. The van der Waals surface area contributed by atoms with Gasteiger partial charge in [0, 0.05) is 6.04 Å². The zero-order valence-corrected chi connectivity index (χ0v) is 14.9. The number of aromatic nitrogens is 2. The summed E-state index contributed by atoms with van der Waals surface area (Å²) in [5.74, 6) is -0.561. The van der Waals surface area contributed by atoms with Crippen LogP contribution in [0.5, 0.6) is 6.01 Å². The lowest BCUT2D eigenvalue weighted by Gasteiger charge is -2.31. The molecule has 6 nitrogen and oxygen atoms in total. The van der Waals surface area contributed by atoms with Gasteiger partial charge in [0.1, 0.15) is 6.10 Å². The van der Waals surface area contributed by atoms with Gasteiger partial charge in [-0.2, -0.15) is 0 Å². The SMILES string of the molecule is O=C(NC1CCC(Oc2ncc(F)cn2)CC1)C1OCCc2ccccc21. The van der Waals surface area contributed by atoms with Crippen LogP contribution in [0, 0.1) is 5.82 Å². The van der Waals surface area contributed by atoms with Crippen LogP contribution >= 0.6 is 0 Å². The second-order valence-electron chi connectivity index (χ2n) is 6.98. The Morgan fingerprint density at radius 3 is 2.67 bits per heavy atom. The lowest BCUT2D eigenvalue weighted by Crippen LogP contribution is -2.43. The van der Waals surface area contributed by atoms with Crippen LogP contribution in [0.1, 0.15) is 42.9 Å². The number of halogens is 1. The second kappa shape index (κ2) is 8.00. The number of benzene rings is 1. The van der Waals surface area contributed by atoms with Crippen molar-refractivity contribution >= 4 is 5.91 Å². The number of hydrogen-bond donors (Lipinski definition) is 1. The van der Waals surface area contributed by atoms with Gasteiger partial charge >= 0.3 is 6.01 Å². The fourth-order valence-corrected chi connectivity index (χ4v) is 3.72. The van der Waals surface area contributed by atoms with Crippen LogP contribution in [-0.2, 0) is 16.0 Å². The molecular formula is C20H22FN3O3. The lowest BCUT2D eigenvalue weighted by atomic mass is 9.92. The van der Waals surface area contributed by atoms with Crippen LogP contribution in [0.3, 0.4) is 0 Å². The highest BCUT2D eigenvalue weighted by Gasteiger charge is 2.30. The summed E-state index contributed by atoms with van der Waals surface area (Å²) in [6.45, 7) is 0.563. The van der Waals surface area contributed by atoms with Gasteiger partial charge in [-0.05, 0) is 43.2 Å². The van der Waals surface area contributed by atoms with Crippen molar-refractivity contribution in [1.82, 2.24) is 15.3 Å². The average molecular weight is 371 g/mol. The third-order valence-electron chi connectivity index (χ3n) is 5.12. The molecule has 1 aliphatic carbocycles. The topological polar surface area (TPSA) is 73.3 Å². The second-order valence-corrected chi connectivity index (χ2v) is 6.98.